The molecule has 0 N–H and O–H groups in total. The normalized spacial score (nSPS) is 12.2. The molecule has 0 aliphatic carbocycles. The second kappa shape index (κ2) is 16.6. The van der Waals surface area contributed by atoms with Gasteiger partial charge < -0.3 is 13.7 Å². The maximum absolute atomic E-state index is 2.85. The Kier molecular flexibility index (Phi) is 9.36. The van der Waals surface area contributed by atoms with Crippen molar-refractivity contribution in [3.8, 4) is 17.1 Å². The molecule has 16 aromatic rings. The zero-order chi connectivity index (χ0) is 49.9. The zero-order valence-corrected chi connectivity index (χ0v) is 42.5. The maximum atomic E-state index is 2.55. The van der Waals surface area contributed by atoms with Gasteiger partial charge in [0.05, 0.1) is 33.1 Å². The highest BCUT2D eigenvalue weighted by atomic mass is 28.3. The topological polar surface area (TPSA) is 14.8 Å². The molecule has 0 radical (unpaired) electrons. The fourth-order valence-corrected chi connectivity index (χ4v) is 18.2. The Balaban J connectivity index is 0.990. The van der Waals surface area contributed by atoms with Crippen LogP contribution in [-0.4, -0.2) is 21.8 Å². The molecule has 76 heavy (non-hydrogen) atoms. The van der Waals surface area contributed by atoms with Crippen molar-refractivity contribution < 1.29 is 0 Å². The van der Waals surface area contributed by atoms with E-state index in [0.717, 1.165) is 17.1 Å². The highest BCUT2D eigenvalue weighted by molar-refractivity contribution is 7.19. The summed E-state index contributed by atoms with van der Waals surface area (Å²) in [6.45, 7) is 0. The molecule has 3 nitrogen and oxygen atoms in total. The minimum Gasteiger partial charge on any atom is -0.309 e. The van der Waals surface area contributed by atoms with Crippen LogP contribution in [0.2, 0.25) is 0 Å². The smallest absolute Gasteiger partial charge is 0.179 e. The molecule has 0 spiro atoms. The van der Waals surface area contributed by atoms with Crippen molar-refractivity contribution in [3.05, 3.63) is 285 Å². The number of aromatic nitrogens is 3. The number of hydrogen-bond donors (Lipinski definition) is 0. The van der Waals surface area contributed by atoms with Crippen LogP contribution in [0, 0.1) is 0 Å². The first-order valence-corrected chi connectivity index (χ1v) is 28.3. The summed E-state index contributed by atoms with van der Waals surface area (Å²) in [5.74, 6) is 0. The summed E-state index contributed by atoms with van der Waals surface area (Å²) in [6, 6.07) is 107. The Morgan fingerprint density at radius 2 is 0.526 bits per heavy atom. The van der Waals surface area contributed by atoms with Crippen LogP contribution in [0.3, 0.4) is 0 Å². The molecule has 354 valence electrons. The van der Waals surface area contributed by atoms with Crippen molar-refractivity contribution >= 4 is 127 Å². The molecular formula is C72H47N3Si. The molecule has 0 saturated heterocycles. The quantitative estimate of drug-likeness (QED) is 0.0859. The van der Waals surface area contributed by atoms with Crippen LogP contribution in [0.4, 0.5) is 0 Å². The van der Waals surface area contributed by atoms with Gasteiger partial charge >= 0.3 is 0 Å². The van der Waals surface area contributed by atoms with E-state index in [2.05, 4.69) is 299 Å². The van der Waals surface area contributed by atoms with Crippen molar-refractivity contribution in [3.63, 3.8) is 0 Å². The molecule has 0 aliphatic heterocycles. The van der Waals surface area contributed by atoms with Crippen LogP contribution in [0.25, 0.3) is 115 Å². The van der Waals surface area contributed by atoms with E-state index in [-0.39, 0.29) is 0 Å². The number of fused-ring (bicyclic) bond motifs is 16. The number of benzene rings is 13. The van der Waals surface area contributed by atoms with Gasteiger partial charge in [0.2, 0.25) is 0 Å². The number of rotatable bonds is 7. The monoisotopic (exact) mass is 981 g/mol. The third-order valence-electron chi connectivity index (χ3n) is 16.5. The van der Waals surface area contributed by atoms with Gasteiger partial charge in [-0.25, -0.2) is 0 Å². The van der Waals surface area contributed by atoms with E-state index in [4.69, 9.17) is 0 Å². The van der Waals surface area contributed by atoms with Gasteiger partial charge in [-0.15, -0.1) is 0 Å². The first kappa shape index (κ1) is 42.7. The SMILES string of the molecule is c1ccc([Si](c2ccccc2)(c2ccccc2)c2cccc(-n3c4ccc(-n5c6ccccc6c6cc(-n7c8ccccc8c8ccccc87)ccc65)cc4c4c5c6ccccc6c6ccccc6c5ccc43)c2)cc1. The van der Waals surface area contributed by atoms with Gasteiger partial charge in [-0.3, -0.25) is 0 Å². The summed E-state index contributed by atoms with van der Waals surface area (Å²) in [7, 11) is -2.85. The highest BCUT2D eigenvalue weighted by Gasteiger charge is 2.41. The Morgan fingerprint density at radius 3 is 1.05 bits per heavy atom. The van der Waals surface area contributed by atoms with Gasteiger partial charge in [-0.1, -0.05) is 212 Å². The molecule has 0 bridgehead atoms. The number of hydrogen-bond acceptors (Lipinski definition) is 0. The van der Waals surface area contributed by atoms with Crippen LogP contribution in [0.5, 0.6) is 0 Å². The fourth-order valence-electron chi connectivity index (χ4n) is 13.4. The largest absolute Gasteiger partial charge is 0.309 e. The average molecular weight is 982 g/mol. The predicted molar refractivity (Wildman–Crippen MR) is 326 cm³/mol. The lowest BCUT2D eigenvalue weighted by Gasteiger charge is -2.34. The van der Waals surface area contributed by atoms with Crippen molar-refractivity contribution in [1.29, 1.82) is 0 Å². The molecule has 13 aromatic carbocycles. The summed E-state index contributed by atoms with van der Waals surface area (Å²) in [5.41, 5.74) is 10.5. The second-order valence-electron chi connectivity index (χ2n) is 20.3. The number of para-hydroxylation sites is 3. The van der Waals surface area contributed by atoms with Crippen molar-refractivity contribution in [2.75, 3.05) is 0 Å². The van der Waals surface area contributed by atoms with Crippen LogP contribution >= 0.6 is 0 Å². The predicted octanol–water partition coefficient (Wildman–Crippen LogP) is 15.8. The van der Waals surface area contributed by atoms with Crippen molar-refractivity contribution in [1.82, 2.24) is 13.7 Å². The minimum absolute atomic E-state index is 1.13. The van der Waals surface area contributed by atoms with E-state index in [1.165, 1.54) is 118 Å². The van der Waals surface area contributed by atoms with E-state index in [1.54, 1.807) is 0 Å². The maximum Gasteiger partial charge on any atom is 0.179 e. The molecule has 3 heterocycles. The van der Waals surface area contributed by atoms with E-state index >= 15 is 0 Å². The minimum atomic E-state index is -2.85. The molecular weight excluding hydrogens is 935 g/mol. The fraction of sp³-hybridized carbons (Fsp3) is 0. The van der Waals surface area contributed by atoms with Gasteiger partial charge in [-0.05, 0) is 120 Å². The van der Waals surface area contributed by atoms with Crippen molar-refractivity contribution in [2.24, 2.45) is 0 Å². The molecule has 0 atom stereocenters. The molecule has 0 amide bonds. The van der Waals surface area contributed by atoms with E-state index < -0.39 is 8.07 Å². The summed E-state index contributed by atoms with van der Waals surface area (Å²) >= 11 is 0. The lowest BCUT2D eigenvalue weighted by Crippen LogP contribution is -2.74. The molecule has 0 aliphatic rings. The molecule has 0 unspecified atom stereocenters. The average Bonchev–Trinajstić information content (AvgIpc) is 4.29. The summed E-state index contributed by atoms with van der Waals surface area (Å²) in [6.07, 6.45) is 0. The van der Waals surface area contributed by atoms with Crippen LogP contribution in [0.15, 0.2) is 285 Å². The molecule has 4 heteroatoms. The Bertz CT molecular complexity index is 4800. The standard InChI is InChI=1S/C72H47N3Si/c1-4-22-51(23-5-1)76(52-24-6-2-7-25-52,53-26-8-3-9-27-53)54-28-20-21-48(45-54)75-69-43-40-50(47-64(69)72-70(75)44-41-62-57-31-11-10-29-55(57)56-30-12-13-35-61(56)71(62)72)74-67-38-19-16-34-60(67)63-46-49(39-42-68(63)74)73-65-36-17-14-32-58(65)59-33-15-18-37-66(59)73/h1-47H. The first-order chi connectivity index (χ1) is 37.7. The van der Waals surface area contributed by atoms with Crippen molar-refractivity contribution in [2.45, 2.75) is 0 Å². The van der Waals surface area contributed by atoms with Gasteiger partial charge in [0.15, 0.2) is 8.07 Å². The molecule has 0 fully saturated rings. The third kappa shape index (κ3) is 6.04. The summed E-state index contributed by atoms with van der Waals surface area (Å²) in [4.78, 5) is 0. The zero-order valence-electron chi connectivity index (χ0n) is 41.5. The van der Waals surface area contributed by atoms with Crippen LogP contribution in [0.1, 0.15) is 0 Å². The molecule has 16 rings (SSSR count). The van der Waals surface area contributed by atoms with Crippen LogP contribution in [-0.2, 0) is 0 Å². The van der Waals surface area contributed by atoms with Gasteiger partial charge in [0, 0.05) is 54.8 Å². The molecule has 0 saturated carbocycles. The highest BCUT2D eigenvalue weighted by Crippen LogP contribution is 2.45. The molecule has 3 aromatic heterocycles. The van der Waals surface area contributed by atoms with E-state index in [9.17, 15) is 0 Å². The van der Waals surface area contributed by atoms with Crippen LogP contribution < -0.4 is 20.7 Å². The Labute approximate surface area is 440 Å². The lowest BCUT2D eigenvalue weighted by atomic mass is 9.92. The Hall–Kier alpha value is -9.74. The van der Waals surface area contributed by atoms with Gasteiger partial charge in [0.1, 0.15) is 0 Å². The van der Waals surface area contributed by atoms with E-state index in [1.807, 2.05) is 0 Å². The Morgan fingerprint density at radius 1 is 0.184 bits per heavy atom. The summed E-state index contributed by atoms with van der Waals surface area (Å²) < 4.78 is 7.46. The second-order valence-corrected chi connectivity index (χ2v) is 24.1. The third-order valence-corrected chi connectivity index (χ3v) is 21.3. The van der Waals surface area contributed by atoms with Gasteiger partial charge in [0.25, 0.3) is 0 Å². The lowest BCUT2D eigenvalue weighted by molar-refractivity contribution is 1.16. The van der Waals surface area contributed by atoms with Gasteiger partial charge in [-0.2, -0.15) is 0 Å². The first-order valence-electron chi connectivity index (χ1n) is 26.3. The number of nitrogens with zero attached hydrogens (tertiary/aromatic N) is 3. The van der Waals surface area contributed by atoms with E-state index in [0.29, 0.717) is 0 Å². The summed E-state index contributed by atoms with van der Waals surface area (Å²) in [5, 5.41) is 20.5.